The standard InChI is InChI=1S/C52H72N10O7S/c1-12-60-42-20-19-35-26-37(42)38(47(60)36-16-13-21-53-45(36)34(5)68-11)28-52(6,7)31-69-50(66)39-17-14-23-62(56-39)49(65)40(27-43-54-41(35)30-70-43)55-48(64)46(32(2)3)58(10)51(67)61-25-24-59(29-33(61)4)44(63)18-15-22-57(8)9/h13,15-16,18-21,26,30,32-34,39-40,46,56H,12,14,17,22-25,27-29,31H2,1-11H3,(H,55,64)/b18-15+/t33-,34-,39-,40-,46-/m0/s1. The molecule has 0 saturated carbocycles. The molecule has 3 aliphatic rings. The van der Waals surface area contributed by atoms with Gasteiger partial charge in [0.2, 0.25) is 11.8 Å². The topological polar surface area (TPSA) is 175 Å². The highest BCUT2D eigenvalue weighted by molar-refractivity contribution is 7.10. The zero-order valence-electron chi connectivity index (χ0n) is 42.8. The van der Waals surface area contributed by atoms with Gasteiger partial charge in [-0.2, -0.15) is 0 Å². The predicted molar refractivity (Wildman–Crippen MR) is 272 cm³/mol. The molecule has 4 aromatic rings. The summed E-state index contributed by atoms with van der Waals surface area (Å²) in [6.07, 6.45) is 6.57. The van der Waals surface area contributed by atoms with Gasteiger partial charge in [-0.1, -0.05) is 39.8 Å². The molecule has 3 aromatic heterocycles. The Morgan fingerprint density at radius 1 is 1.10 bits per heavy atom. The number of aryl methyl sites for hydroxylation is 1. The Bertz CT molecular complexity index is 2590. The zero-order chi connectivity index (χ0) is 50.6. The maximum atomic E-state index is 14.7. The number of piperazine rings is 1. The summed E-state index contributed by atoms with van der Waals surface area (Å²) < 4.78 is 14.3. The normalized spacial score (nSPS) is 21.0. The summed E-state index contributed by atoms with van der Waals surface area (Å²) in [7, 11) is 7.16. The number of thiazole rings is 1. The Morgan fingerprint density at radius 3 is 2.57 bits per heavy atom. The molecule has 1 aromatic carbocycles. The summed E-state index contributed by atoms with van der Waals surface area (Å²) in [5.74, 6) is -1.81. The number of amides is 5. The number of rotatable bonds is 11. The third kappa shape index (κ3) is 11.4. The first-order chi connectivity index (χ1) is 33.3. The molecule has 3 aliphatic heterocycles. The second-order valence-electron chi connectivity index (χ2n) is 20.3. The third-order valence-electron chi connectivity index (χ3n) is 13.7. The molecular weight excluding hydrogens is 909 g/mol. The van der Waals surface area contributed by atoms with Crippen LogP contribution in [0.3, 0.4) is 0 Å². The van der Waals surface area contributed by atoms with Crippen LogP contribution in [-0.4, -0.2) is 161 Å². The number of nitrogens with one attached hydrogen (secondary N) is 2. The molecule has 2 fully saturated rings. The smallest absolute Gasteiger partial charge is 0.324 e. The van der Waals surface area contributed by atoms with E-state index in [0.29, 0.717) is 63.5 Å². The molecule has 0 aliphatic carbocycles. The van der Waals surface area contributed by atoms with E-state index in [9.17, 15) is 24.0 Å². The van der Waals surface area contributed by atoms with Crippen molar-refractivity contribution in [2.45, 2.75) is 111 Å². The Morgan fingerprint density at radius 2 is 1.87 bits per heavy atom. The Hall–Kier alpha value is -5.69. The number of methoxy groups -OCH3 is 1. The van der Waals surface area contributed by atoms with Crippen LogP contribution in [0.15, 0.2) is 54.1 Å². The summed E-state index contributed by atoms with van der Waals surface area (Å²) in [4.78, 5) is 87.2. The molecule has 378 valence electrons. The van der Waals surface area contributed by atoms with Crippen LogP contribution in [0, 0.1) is 11.3 Å². The molecule has 0 unspecified atom stereocenters. The van der Waals surface area contributed by atoms with Crippen molar-refractivity contribution >= 4 is 52.0 Å². The van der Waals surface area contributed by atoms with Crippen molar-refractivity contribution in [2.24, 2.45) is 11.3 Å². The first kappa shape index (κ1) is 52.1. The molecule has 6 bridgehead atoms. The summed E-state index contributed by atoms with van der Waals surface area (Å²) >= 11 is 1.41. The van der Waals surface area contributed by atoms with Crippen molar-refractivity contribution in [2.75, 3.05) is 67.6 Å². The van der Waals surface area contributed by atoms with Crippen LogP contribution < -0.4 is 10.7 Å². The minimum absolute atomic E-state index is 0.0700. The van der Waals surface area contributed by atoms with E-state index in [0.717, 1.165) is 44.7 Å². The number of urea groups is 1. The number of pyridine rings is 1. The van der Waals surface area contributed by atoms with Crippen molar-refractivity contribution in [3.8, 4) is 22.5 Å². The minimum atomic E-state index is -1.09. The van der Waals surface area contributed by atoms with Gasteiger partial charge in [-0.05, 0) is 89.9 Å². The number of nitrogens with zero attached hydrogens (tertiary/aromatic N) is 8. The number of carbonyl (C=O) groups excluding carboxylic acids is 5. The Labute approximate surface area is 416 Å². The number of esters is 1. The lowest BCUT2D eigenvalue weighted by molar-refractivity contribution is -0.155. The van der Waals surface area contributed by atoms with Crippen LogP contribution in [0.1, 0.15) is 83.7 Å². The van der Waals surface area contributed by atoms with Gasteiger partial charge in [0, 0.05) is 111 Å². The fraction of sp³-hybridized carbons (Fsp3) is 0.558. The molecule has 2 saturated heterocycles. The maximum Gasteiger partial charge on any atom is 0.324 e. The molecule has 18 heteroatoms. The van der Waals surface area contributed by atoms with Gasteiger partial charge < -0.3 is 39.0 Å². The van der Waals surface area contributed by atoms with Gasteiger partial charge in [0.1, 0.15) is 18.1 Å². The van der Waals surface area contributed by atoms with Crippen LogP contribution in [0.4, 0.5) is 4.79 Å². The number of hydrogen-bond donors (Lipinski definition) is 2. The van der Waals surface area contributed by atoms with Gasteiger partial charge in [-0.15, -0.1) is 11.3 Å². The fourth-order valence-corrected chi connectivity index (χ4v) is 10.8. The lowest BCUT2D eigenvalue weighted by Crippen LogP contribution is -2.63. The number of cyclic esters (lactones) is 1. The Balaban J connectivity index is 1.21. The number of hydrogen-bond acceptors (Lipinski definition) is 12. The van der Waals surface area contributed by atoms with Crippen LogP contribution >= 0.6 is 11.3 Å². The van der Waals surface area contributed by atoms with E-state index < -0.39 is 41.3 Å². The first-order valence-electron chi connectivity index (χ1n) is 24.6. The van der Waals surface area contributed by atoms with Gasteiger partial charge in [0.05, 0.1) is 34.8 Å². The van der Waals surface area contributed by atoms with Gasteiger partial charge in [-0.3, -0.25) is 29.2 Å². The maximum absolute atomic E-state index is 14.7. The van der Waals surface area contributed by atoms with Gasteiger partial charge in [0.15, 0.2) is 0 Å². The average molecular weight is 981 g/mol. The van der Waals surface area contributed by atoms with E-state index in [1.165, 1.54) is 21.2 Å². The summed E-state index contributed by atoms with van der Waals surface area (Å²) in [6.45, 7) is 16.7. The number of fused-ring (bicyclic) bond motifs is 6. The lowest BCUT2D eigenvalue weighted by atomic mass is 9.84. The average Bonchev–Trinajstić information content (AvgIpc) is 3.93. The van der Waals surface area contributed by atoms with Crippen molar-refractivity contribution < 1.29 is 33.4 Å². The molecular formula is C52H72N10O7S. The zero-order valence-corrected chi connectivity index (χ0v) is 43.6. The number of carbonyl (C=O) groups is 5. The summed E-state index contributed by atoms with van der Waals surface area (Å²) in [5, 5.41) is 8.13. The second kappa shape index (κ2) is 22.2. The lowest BCUT2D eigenvalue weighted by Gasteiger charge is -2.43. The number of hydrazine groups is 1. The molecule has 17 nitrogen and oxygen atoms in total. The van der Waals surface area contributed by atoms with Crippen molar-refractivity contribution in [1.29, 1.82) is 0 Å². The fourth-order valence-electron chi connectivity index (χ4n) is 9.98. The molecule has 0 spiro atoms. The Kier molecular flexibility index (Phi) is 16.5. The van der Waals surface area contributed by atoms with Crippen molar-refractivity contribution in [3.05, 3.63) is 70.3 Å². The number of aromatic nitrogens is 3. The molecule has 6 heterocycles. The first-order valence-corrected chi connectivity index (χ1v) is 25.5. The molecule has 5 atom stereocenters. The monoisotopic (exact) mass is 981 g/mol. The number of ether oxygens (including phenoxy) is 2. The van der Waals surface area contributed by atoms with E-state index in [1.807, 2.05) is 64.2 Å². The van der Waals surface area contributed by atoms with E-state index in [1.54, 1.807) is 36.2 Å². The largest absolute Gasteiger partial charge is 0.464 e. The summed E-state index contributed by atoms with van der Waals surface area (Å²) in [6, 6.07) is 6.95. The van der Waals surface area contributed by atoms with Crippen LogP contribution in [0.5, 0.6) is 0 Å². The SMILES string of the molecule is CCn1c(-c2cccnc2[C@H](C)OC)c2c3cc(ccc31)-c1csc(n1)C[C@H](NC(=O)[C@H](C(C)C)N(C)C(=O)N1CCN(C(=O)/C=C/CN(C)C)C[C@@H]1C)C(=O)N1CCC[C@H](N1)C(=O)OCC(C)(C)C2. The summed E-state index contributed by atoms with van der Waals surface area (Å²) in [5.41, 5.74) is 9.26. The van der Waals surface area contributed by atoms with Gasteiger partial charge in [0.25, 0.3) is 5.91 Å². The highest BCUT2D eigenvalue weighted by atomic mass is 32.1. The number of benzene rings is 1. The minimum Gasteiger partial charge on any atom is -0.464 e. The number of likely N-dealkylation sites (N-methyl/N-ethyl adjacent to an activating group) is 2. The van der Waals surface area contributed by atoms with E-state index in [2.05, 4.69) is 60.3 Å². The second-order valence-corrected chi connectivity index (χ2v) is 21.3. The van der Waals surface area contributed by atoms with Crippen molar-refractivity contribution in [1.82, 2.24) is 49.9 Å². The molecule has 0 radical (unpaired) electrons. The quantitative estimate of drug-likeness (QED) is 0.135. The van der Waals surface area contributed by atoms with Crippen LogP contribution in [0.2, 0.25) is 0 Å². The van der Waals surface area contributed by atoms with Crippen LogP contribution in [0.25, 0.3) is 33.4 Å². The molecule has 70 heavy (non-hydrogen) atoms. The molecule has 7 rings (SSSR count). The van der Waals surface area contributed by atoms with E-state index in [4.69, 9.17) is 19.4 Å². The highest BCUT2D eigenvalue weighted by Crippen LogP contribution is 2.42. The molecule has 2 N–H and O–H groups in total. The third-order valence-corrected chi connectivity index (χ3v) is 14.6. The van der Waals surface area contributed by atoms with Gasteiger partial charge >= 0.3 is 12.0 Å². The van der Waals surface area contributed by atoms with E-state index >= 15 is 0 Å². The van der Waals surface area contributed by atoms with Crippen molar-refractivity contribution in [3.63, 3.8) is 0 Å². The van der Waals surface area contributed by atoms with Gasteiger partial charge in [-0.25, -0.2) is 15.2 Å². The van der Waals surface area contributed by atoms with Crippen LogP contribution in [-0.2, 0) is 48.0 Å². The highest BCUT2D eigenvalue weighted by Gasteiger charge is 2.40. The predicted octanol–water partition coefficient (Wildman–Crippen LogP) is 5.93. The van der Waals surface area contributed by atoms with E-state index in [-0.39, 0.29) is 43.0 Å². The molecule has 5 amide bonds.